The lowest BCUT2D eigenvalue weighted by atomic mass is 11.0. The minimum absolute atomic E-state index is 0.730. The molecule has 2 amide bonds. The van der Waals surface area contributed by atoms with Crippen LogP contribution in [0.2, 0.25) is 0 Å². The molecule has 0 radical (unpaired) electrons. The molecule has 0 spiro atoms. The molecule has 0 aliphatic heterocycles. The summed E-state index contributed by atoms with van der Waals surface area (Å²) in [5, 5.41) is 7.32. The average molecular weight is 136 g/mol. The van der Waals surface area contributed by atoms with Gasteiger partial charge >= 0.3 is 6.03 Å². The molecule has 0 bridgehead atoms. The number of nitrogens with zero attached hydrogens (tertiary/aromatic N) is 1. The van der Waals surface area contributed by atoms with Gasteiger partial charge in [-0.15, -0.1) is 0 Å². The van der Waals surface area contributed by atoms with Crippen molar-refractivity contribution >= 4 is 17.8 Å². The molecule has 0 fully saturated rings. The molecule has 0 saturated heterocycles. The molecule has 0 aliphatic carbocycles. The van der Waals surface area contributed by atoms with Gasteiger partial charge in [0.05, 0.1) is 6.07 Å². The van der Waals surface area contributed by atoms with Crippen molar-refractivity contribution in [1.82, 2.24) is 4.84 Å². The average Bonchev–Trinajstić information content (AvgIpc) is 1.69. The Morgan fingerprint density at radius 3 is 2.12 bits per heavy atom. The number of rotatable bonds is 0. The second kappa shape index (κ2) is 9.41. The SMILES string of the molecule is CC#N.NC(=O)NCl. The first-order valence-corrected chi connectivity index (χ1v) is 2.03. The summed E-state index contributed by atoms with van der Waals surface area (Å²) in [4.78, 5) is 11.0. The topological polar surface area (TPSA) is 78.9 Å². The molecular formula is C3H6ClN3O. The van der Waals surface area contributed by atoms with Crippen LogP contribution in [0.5, 0.6) is 0 Å². The van der Waals surface area contributed by atoms with Gasteiger partial charge in [-0.1, -0.05) is 0 Å². The lowest BCUT2D eigenvalue weighted by Gasteiger charge is -1.76. The Labute approximate surface area is 52.3 Å². The lowest BCUT2D eigenvalue weighted by molar-refractivity contribution is 0.254. The highest BCUT2D eigenvalue weighted by molar-refractivity contribution is 6.20. The number of carbonyl (C=O) groups excluding carboxylic acids is 1. The second-order valence-corrected chi connectivity index (χ2v) is 0.871. The number of primary amides is 1. The van der Waals surface area contributed by atoms with Crippen molar-refractivity contribution < 1.29 is 4.79 Å². The molecule has 46 valence electrons. The largest absolute Gasteiger partial charge is 0.351 e. The van der Waals surface area contributed by atoms with Crippen LogP contribution in [0.25, 0.3) is 0 Å². The van der Waals surface area contributed by atoms with E-state index in [1.54, 1.807) is 10.9 Å². The smallest absolute Gasteiger partial charge is 0.326 e. The van der Waals surface area contributed by atoms with Crippen molar-refractivity contribution in [3.05, 3.63) is 0 Å². The van der Waals surface area contributed by atoms with Crippen LogP contribution in [0.4, 0.5) is 4.79 Å². The molecule has 0 aliphatic rings. The van der Waals surface area contributed by atoms with Gasteiger partial charge < -0.3 is 5.73 Å². The van der Waals surface area contributed by atoms with E-state index in [1.165, 1.54) is 6.92 Å². The van der Waals surface area contributed by atoms with E-state index >= 15 is 0 Å². The van der Waals surface area contributed by atoms with Gasteiger partial charge in [-0.25, -0.2) is 4.79 Å². The Bertz CT molecular complexity index is 97.2. The normalized spacial score (nSPS) is 5.12. The fraction of sp³-hybridized carbons (Fsp3) is 0.333. The van der Waals surface area contributed by atoms with Crippen LogP contribution in [0.15, 0.2) is 0 Å². The Balaban J connectivity index is 0. The standard InChI is InChI=1S/C2H3N.CH3ClN2O/c1-2-3;2-4-1(3)5/h1H3;(H3,3,4,5). The number of carbonyl (C=O) groups is 1. The molecule has 0 aromatic heterocycles. The Kier molecular flexibility index (Phi) is 11.9. The molecule has 4 nitrogen and oxygen atoms in total. The zero-order valence-corrected chi connectivity index (χ0v) is 5.07. The molecule has 0 aromatic rings. The molecule has 0 atom stereocenters. The van der Waals surface area contributed by atoms with E-state index in [-0.39, 0.29) is 0 Å². The predicted octanol–water partition coefficient (Wildman–Crippen LogP) is 0.338. The summed E-state index contributed by atoms with van der Waals surface area (Å²) in [6, 6.07) is 1.02. The third kappa shape index (κ3) is 75.1. The van der Waals surface area contributed by atoms with Crippen LogP contribution in [-0.2, 0) is 0 Å². The summed E-state index contributed by atoms with van der Waals surface area (Å²) in [6.45, 7) is 1.43. The van der Waals surface area contributed by atoms with Crippen LogP contribution in [0.1, 0.15) is 6.92 Å². The number of urea groups is 1. The zero-order chi connectivity index (χ0) is 6.99. The van der Waals surface area contributed by atoms with Crippen molar-refractivity contribution in [2.45, 2.75) is 6.92 Å². The Morgan fingerprint density at radius 1 is 2.00 bits per heavy atom. The quantitative estimate of drug-likeness (QED) is 0.470. The molecule has 0 aromatic carbocycles. The van der Waals surface area contributed by atoms with E-state index in [9.17, 15) is 4.79 Å². The number of hydrogen-bond acceptors (Lipinski definition) is 2. The van der Waals surface area contributed by atoms with Gasteiger partial charge in [0, 0.05) is 18.7 Å². The fourth-order valence-electron chi connectivity index (χ4n) is 0. The maximum Gasteiger partial charge on any atom is 0.326 e. The summed E-state index contributed by atoms with van der Waals surface area (Å²) >= 11 is 4.61. The molecule has 5 heteroatoms. The molecule has 0 saturated carbocycles. The van der Waals surface area contributed by atoms with Gasteiger partial charge in [-0.3, -0.25) is 4.84 Å². The van der Waals surface area contributed by atoms with Crippen LogP contribution >= 0.6 is 11.8 Å². The second-order valence-electron chi connectivity index (χ2n) is 0.682. The number of nitriles is 1. The Hall–Kier alpha value is -0.950. The van der Waals surface area contributed by atoms with Crippen molar-refractivity contribution in [1.29, 1.82) is 5.26 Å². The lowest BCUT2D eigenvalue weighted by Crippen LogP contribution is -2.19. The number of hydrogen-bond donors (Lipinski definition) is 2. The predicted molar refractivity (Wildman–Crippen MR) is 29.9 cm³/mol. The first-order chi connectivity index (χ1) is 3.68. The molecule has 0 unspecified atom stereocenters. The van der Waals surface area contributed by atoms with Gasteiger partial charge in [-0.2, -0.15) is 5.26 Å². The first-order valence-electron chi connectivity index (χ1n) is 1.66. The first kappa shape index (κ1) is 10.1. The van der Waals surface area contributed by atoms with Crippen LogP contribution in [0.3, 0.4) is 0 Å². The van der Waals surface area contributed by atoms with Crippen molar-refractivity contribution in [3.8, 4) is 6.07 Å². The van der Waals surface area contributed by atoms with Crippen LogP contribution in [0, 0.1) is 11.3 Å². The molecule has 0 heterocycles. The van der Waals surface area contributed by atoms with E-state index in [2.05, 4.69) is 17.5 Å². The van der Waals surface area contributed by atoms with Crippen LogP contribution in [-0.4, -0.2) is 6.03 Å². The number of nitrogens with two attached hydrogens (primary N) is 1. The van der Waals surface area contributed by atoms with E-state index in [0.717, 1.165) is 0 Å². The third-order valence-corrected chi connectivity index (χ3v) is 0.279. The van der Waals surface area contributed by atoms with Crippen molar-refractivity contribution in [2.24, 2.45) is 5.73 Å². The minimum atomic E-state index is -0.730. The van der Waals surface area contributed by atoms with Crippen LogP contribution < -0.4 is 10.6 Å². The van der Waals surface area contributed by atoms with Gasteiger partial charge in [0.15, 0.2) is 0 Å². The number of halogens is 1. The third-order valence-electron chi connectivity index (χ3n) is 0.0931. The summed E-state index contributed by atoms with van der Waals surface area (Å²) in [6.07, 6.45) is 0. The summed E-state index contributed by atoms with van der Waals surface area (Å²) < 4.78 is 0. The molecule has 3 N–H and O–H groups in total. The minimum Gasteiger partial charge on any atom is -0.351 e. The number of nitrogens with one attached hydrogen (secondary N) is 1. The van der Waals surface area contributed by atoms with Gasteiger partial charge in [0.2, 0.25) is 0 Å². The van der Waals surface area contributed by atoms with Crippen molar-refractivity contribution in [2.75, 3.05) is 0 Å². The van der Waals surface area contributed by atoms with Gasteiger partial charge in [0.1, 0.15) is 0 Å². The van der Waals surface area contributed by atoms with E-state index in [4.69, 9.17) is 5.26 Å². The van der Waals surface area contributed by atoms with E-state index < -0.39 is 6.03 Å². The van der Waals surface area contributed by atoms with E-state index in [0.29, 0.717) is 0 Å². The summed E-state index contributed by atoms with van der Waals surface area (Å²) in [7, 11) is 0. The molecule has 0 rings (SSSR count). The molecule has 8 heavy (non-hydrogen) atoms. The van der Waals surface area contributed by atoms with Gasteiger partial charge in [-0.05, 0) is 0 Å². The fourth-order valence-corrected chi connectivity index (χ4v) is 0. The highest BCUT2D eigenvalue weighted by Gasteiger charge is 1.75. The van der Waals surface area contributed by atoms with E-state index in [1.807, 2.05) is 0 Å². The maximum atomic E-state index is 9.35. The zero-order valence-electron chi connectivity index (χ0n) is 4.31. The summed E-state index contributed by atoms with van der Waals surface area (Å²) in [5.74, 6) is 0. The monoisotopic (exact) mass is 135 g/mol. The maximum absolute atomic E-state index is 9.35. The highest BCUT2D eigenvalue weighted by atomic mass is 35.5. The molecular weight excluding hydrogens is 130 g/mol. The van der Waals surface area contributed by atoms with Crippen molar-refractivity contribution in [3.63, 3.8) is 0 Å². The van der Waals surface area contributed by atoms with Gasteiger partial charge in [0.25, 0.3) is 0 Å². The number of amides is 2. The highest BCUT2D eigenvalue weighted by Crippen LogP contribution is 1.54. The summed E-state index contributed by atoms with van der Waals surface area (Å²) in [5.41, 5.74) is 4.41. The Morgan fingerprint density at radius 2 is 2.12 bits per heavy atom.